The van der Waals surface area contributed by atoms with E-state index in [0.717, 1.165) is 32.6 Å². The summed E-state index contributed by atoms with van der Waals surface area (Å²) in [6.45, 7) is 7.55. The first kappa shape index (κ1) is 12.7. The van der Waals surface area contributed by atoms with Gasteiger partial charge in [-0.05, 0) is 51.6 Å². The molecule has 0 unspecified atom stereocenters. The Hall–Kier alpha value is -1.36. The van der Waals surface area contributed by atoms with Crippen molar-refractivity contribution in [2.75, 3.05) is 26.2 Å². The summed E-state index contributed by atoms with van der Waals surface area (Å²) < 4.78 is 5.11. The van der Waals surface area contributed by atoms with Gasteiger partial charge in [-0.2, -0.15) is 0 Å². The van der Waals surface area contributed by atoms with Gasteiger partial charge in [-0.15, -0.1) is 0 Å². The molecule has 2 aliphatic rings. The molecule has 5 nitrogen and oxygen atoms in total. The van der Waals surface area contributed by atoms with Crippen molar-refractivity contribution in [1.82, 2.24) is 15.4 Å². The SMILES string of the molecule is Cc1noc(C)c1C(=O)N1CCC2(CCNCC2)C1. The van der Waals surface area contributed by atoms with Gasteiger partial charge in [0.05, 0.1) is 5.69 Å². The van der Waals surface area contributed by atoms with Crippen molar-refractivity contribution < 1.29 is 9.32 Å². The van der Waals surface area contributed by atoms with Crippen LogP contribution in [0.3, 0.4) is 0 Å². The van der Waals surface area contributed by atoms with Gasteiger partial charge in [0.15, 0.2) is 0 Å². The summed E-state index contributed by atoms with van der Waals surface area (Å²) in [5, 5.41) is 7.28. The molecule has 0 saturated carbocycles. The van der Waals surface area contributed by atoms with E-state index in [2.05, 4.69) is 10.5 Å². The number of piperidine rings is 1. The van der Waals surface area contributed by atoms with Crippen LogP contribution >= 0.6 is 0 Å². The Kier molecular flexibility index (Phi) is 3.09. The lowest BCUT2D eigenvalue weighted by Crippen LogP contribution is -2.39. The molecular weight excluding hydrogens is 242 g/mol. The lowest BCUT2D eigenvalue weighted by Gasteiger charge is -2.33. The molecule has 1 aromatic rings. The predicted molar refractivity (Wildman–Crippen MR) is 71.0 cm³/mol. The number of aromatic nitrogens is 1. The molecule has 5 heteroatoms. The number of rotatable bonds is 1. The molecule has 3 rings (SSSR count). The van der Waals surface area contributed by atoms with Gasteiger partial charge >= 0.3 is 0 Å². The lowest BCUT2D eigenvalue weighted by atomic mass is 9.78. The van der Waals surface area contributed by atoms with Crippen molar-refractivity contribution >= 4 is 5.91 Å². The fraction of sp³-hybridized carbons (Fsp3) is 0.714. The Morgan fingerprint density at radius 2 is 2.05 bits per heavy atom. The maximum atomic E-state index is 12.6. The quantitative estimate of drug-likeness (QED) is 0.834. The number of carbonyl (C=O) groups is 1. The molecule has 0 atom stereocenters. The van der Waals surface area contributed by atoms with E-state index in [4.69, 9.17) is 4.52 Å². The summed E-state index contributed by atoms with van der Waals surface area (Å²) in [5.74, 6) is 0.723. The second-order valence-electron chi connectivity index (χ2n) is 5.93. The lowest BCUT2D eigenvalue weighted by molar-refractivity contribution is 0.0759. The number of hydrogen-bond acceptors (Lipinski definition) is 4. The summed E-state index contributed by atoms with van der Waals surface area (Å²) in [5.41, 5.74) is 1.71. The molecule has 2 aliphatic heterocycles. The standard InChI is InChI=1S/C14H21N3O2/c1-10-12(11(2)19-16-10)13(18)17-8-5-14(9-17)3-6-15-7-4-14/h15H,3-9H2,1-2H3. The largest absolute Gasteiger partial charge is 0.361 e. The zero-order valence-electron chi connectivity index (χ0n) is 11.7. The predicted octanol–water partition coefficient (Wildman–Crippen LogP) is 1.51. The highest BCUT2D eigenvalue weighted by Gasteiger charge is 2.41. The number of nitrogens with one attached hydrogen (secondary N) is 1. The van der Waals surface area contributed by atoms with Crippen molar-refractivity contribution in [3.63, 3.8) is 0 Å². The van der Waals surface area contributed by atoms with Gasteiger partial charge in [0.1, 0.15) is 11.3 Å². The first-order valence-electron chi connectivity index (χ1n) is 7.04. The molecular formula is C14H21N3O2. The Balaban J connectivity index is 1.76. The van der Waals surface area contributed by atoms with Crippen LogP contribution in [-0.2, 0) is 0 Å². The van der Waals surface area contributed by atoms with Gasteiger partial charge < -0.3 is 14.7 Å². The van der Waals surface area contributed by atoms with Crippen molar-refractivity contribution in [3.8, 4) is 0 Å². The van der Waals surface area contributed by atoms with Gasteiger partial charge in [0, 0.05) is 13.1 Å². The highest BCUT2D eigenvalue weighted by Crippen LogP contribution is 2.39. The smallest absolute Gasteiger partial charge is 0.259 e. The van der Waals surface area contributed by atoms with E-state index in [1.807, 2.05) is 18.7 Å². The number of amides is 1. The van der Waals surface area contributed by atoms with Crippen LogP contribution in [0.4, 0.5) is 0 Å². The minimum atomic E-state index is 0.0895. The summed E-state index contributed by atoms with van der Waals surface area (Å²) in [7, 11) is 0. The molecule has 0 radical (unpaired) electrons. The van der Waals surface area contributed by atoms with Gasteiger partial charge in [0.25, 0.3) is 5.91 Å². The van der Waals surface area contributed by atoms with E-state index >= 15 is 0 Å². The summed E-state index contributed by atoms with van der Waals surface area (Å²) in [4.78, 5) is 14.6. The van der Waals surface area contributed by atoms with Crippen LogP contribution < -0.4 is 5.32 Å². The fourth-order valence-corrected chi connectivity index (χ4v) is 3.42. The van der Waals surface area contributed by atoms with E-state index in [-0.39, 0.29) is 5.91 Å². The van der Waals surface area contributed by atoms with Crippen LogP contribution in [0.15, 0.2) is 4.52 Å². The highest BCUT2D eigenvalue weighted by atomic mass is 16.5. The van der Waals surface area contributed by atoms with Crippen molar-refractivity contribution in [2.45, 2.75) is 33.1 Å². The third-order valence-electron chi connectivity index (χ3n) is 4.64. The van der Waals surface area contributed by atoms with Crippen LogP contribution in [0.1, 0.15) is 41.1 Å². The van der Waals surface area contributed by atoms with Crippen LogP contribution in [0.2, 0.25) is 0 Å². The molecule has 104 valence electrons. The van der Waals surface area contributed by atoms with E-state index in [0.29, 0.717) is 22.4 Å². The van der Waals surface area contributed by atoms with Crippen molar-refractivity contribution in [2.24, 2.45) is 5.41 Å². The number of likely N-dealkylation sites (tertiary alicyclic amines) is 1. The molecule has 1 spiro atoms. The number of carbonyl (C=O) groups excluding carboxylic acids is 1. The first-order valence-corrected chi connectivity index (χ1v) is 7.04. The van der Waals surface area contributed by atoms with Gasteiger partial charge in [0.2, 0.25) is 0 Å². The second-order valence-corrected chi connectivity index (χ2v) is 5.93. The molecule has 1 aromatic heterocycles. The maximum absolute atomic E-state index is 12.6. The normalized spacial score (nSPS) is 22.1. The third-order valence-corrected chi connectivity index (χ3v) is 4.64. The van der Waals surface area contributed by atoms with E-state index in [1.165, 1.54) is 12.8 Å². The Morgan fingerprint density at radius 1 is 1.32 bits per heavy atom. The number of aryl methyl sites for hydroxylation is 2. The van der Waals surface area contributed by atoms with Crippen molar-refractivity contribution in [1.29, 1.82) is 0 Å². The zero-order chi connectivity index (χ0) is 13.5. The topological polar surface area (TPSA) is 58.4 Å². The minimum Gasteiger partial charge on any atom is -0.361 e. The van der Waals surface area contributed by atoms with Crippen molar-refractivity contribution in [3.05, 3.63) is 17.0 Å². The van der Waals surface area contributed by atoms with Gasteiger partial charge in [-0.3, -0.25) is 4.79 Å². The van der Waals surface area contributed by atoms with Crippen LogP contribution in [0, 0.1) is 19.3 Å². The molecule has 2 fully saturated rings. The van der Waals surface area contributed by atoms with E-state index < -0.39 is 0 Å². The Labute approximate surface area is 113 Å². The van der Waals surface area contributed by atoms with Gasteiger partial charge in [-0.1, -0.05) is 5.16 Å². The fourth-order valence-electron chi connectivity index (χ4n) is 3.42. The molecule has 1 amide bonds. The number of nitrogens with zero attached hydrogens (tertiary/aromatic N) is 2. The zero-order valence-corrected chi connectivity index (χ0v) is 11.7. The van der Waals surface area contributed by atoms with Gasteiger partial charge in [-0.25, -0.2) is 0 Å². The summed E-state index contributed by atoms with van der Waals surface area (Å²) in [6.07, 6.45) is 3.49. The first-order chi connectivity index (χ1) is 9.11. The van der Waals surface area contributed by atoms with Crippen LogP contribution in [0.25, 0.3) is 0 Å². The maximum Gasteiger partial charge on any atom is 0.259 e. The van der Waals surface area contributed by atoms with E-state index in [1.54, 1.807) is 0 Å². The Bertz CT molecular complexity index is 469. The molecule has 2 saturated heterocycles. The third kappa shape index (κ3) is 2.16. The number of hydrogen-bond donors (Lipinski definition) is 1. The monoisotopic (exact) mass is 263 g/mol. The minimum absolute atomic E-state index is 0.0895. The molecule has 0 aromatic carbocycles. The Morgan fingerprint density at radius 3 is 2.68 bits per heavy atom. The average Bonchev–Trinajstić information content (AvgIpc) is 2.95. The molecule has 0 aliphatic carbocycles. The average molecular weight is 263 g/mol. The summed E-state index contributed by atoms with van der Waals surface area (Å²) >= 11 is 0. The van der Waals surface area contributed by atoms with Crippen LogP contribution in [-0.4, -0.2) is 42.1 Å². The van der Waals surface area contributed by atoms with E-state index in [9.17, 15) is 4.79 Å². The molecule has 3 heterocycles. The second kappa shape index (κ2) is 4.63. The molecule has 0 bridgehead atoms. The highest BCUT2D eigenvalue weighted by molar-refractivity contribution is 5.96. The molecule has 19 heavy (non-hydrogen) atoms. The van der Waals surface area contributed by atoms with Crippen LogP contribution in [0.5, 0.6) is 0 Å². The summed E-state index contributed by atoms with van der Waals surface area (Å²) in [6, 6.07) is 0. The molecule has 1 N–H and O–H groups in total.